The summed E-state index contributed by atoms with van der Waals surface area (Å²) in [6, 6.07) is 0. The Labute approximate surface area is 39.9 Å². The molecule has 6 heavy (non-hydrogen) atoms. The Bertz CT molecular complexity index is 65.9. The van der Waals surface area contributed by atoms with Crippen molar-refractivity contribution in [3.63, 3.8) is 0 Å². The van der Waals surface area contributed by atoms with E-state index in [0.717, 1.165) is 22.8 Å². The average molecular weight is 105 g/mol. The molecule has 0 radical (unpaired) electrons. The summed E-state index contributed by atoms with van der Waals surface area (Å²) >= 11 is 1.12. The van der Waals surface area contributed by atoms with Gasteiger partial charge in [0.1, 0.15) is 0 Å². The Morgan fingerprint density at radius 2 is 2.67 bits per heavy atom. The van der Waals surface area contributed by atoms with Gasteiger partial charge in [0.15, 0.2) is 0 Å². The van der Waals surface area contributed by atoms with Crippen molar-refractivity contribution < 1.29 is 4.17 Å². The topological polar surface area (TPSA) is 32.1 Å². The van der Waals surface area contributed by atoms with E-state index in [1.165, 1.54) is 0 Å². The predicted octanol–water partition coefficient (Wildman–Crippen LogP) is -0.0683. The fourth-order valence-corrected chi connectivity index (χ4v) is 0.809. The second-order valence-corrected chi connectivity index (χ2v) is 1.92. The first-order chi connectivity index (χ1) is 2.89. The van der Waals surface area contributed by atoms with Crippen LogP contribution < -0.4 is 4.72 Å². The zero-order valence-electron chi connectivity index (χ0n) is 3.18. The van der Waals surface area contributed by atoms with Crippen LogP contribution in [0.4, 0.5) is 0 Å². The van der Waals surface area contributed by atoms with Crippen LogP contribution in [0.15, 0.2) is 0 Å². The Kier molecular flexibility index (Phi) is 1.07. The van der Waals surface area contributed by atoms with Gasteiger partial charge in [0.25, 0.3) is 0 Å². The normalized spacial score (nSPS) is 22.3. The number of nitrogens with zero attached hydrogens (tertiary/aromatic N) is 1. The molecule has 0 aromatic heterocycles. The Morgan fingerprint density at radius 3 is 2.83 bits per heavy atom. The van der Waals surface area contributed by atoms with E-state index < -0.39 is 0 Å². The SMILES string of the molecule is O=[N+]1CCNS1. The van der Waals surface area contributed by atoms with Gasteiger partial charge < -0.3 is 0 Å². The molecule has 1 N–H and O–H groups in total. The van der Waals surface area contributed by atoms with E-state index in [-0.39, 0.29) is 0 Å². The van der Waals surface area contributed by atoms with E-state index in [1.807, 2.05) is 0 Å². The molecule has 0 amide bonds. The van der Waals surface area contributed by atoms with Gasteiger partial charge in [0, 0.05) is 4.91 Å². The lowest BCUT2D eigenvalue weighted by Crippen LogP contribution is -1.97. The van der Waals surface area contributed by atoms with Crippen molar-refractivity contribution in [2.45, 2.75) is 0 Å². The summed E-state index contributed by atoms with van der Waals surface area (Å²) in [5.41, 5.74) is 0. The molecule has 0 saturated carbocycles. The summed E-state index contributed by atoms with van der Waals surface area (Å²) in [6.45, 7) is 1.43. The van der Waals surface area contributed by atoms with Crippen LogP contribution in [0.3, 0.4) is 0 Å². The second kappa shape index (κ2) is 1.57. The molecule has 0 aromatic carbocycles. The minimum atomic E-state index is 0.616. The molecule has 1 aliphatic heterocycles. The molecule has 0 atom stereocenters. The number of hydrogen-bond donors (Lipinski definition) is 1. The fourth-order valence-electron chi connectivity index (χ4n) is 0.300. The lowest BCUT2D eigenvalue weighted by Gasteiger charge is -1.61. The summed E-state index contributed by atoms with van der Waals surface area (Å²) in [5, 5.41) is 0. The van der Waals surface area contributed by atoms with Crippen molar-refractivity contribution in [1.29, 1.82) is 0 Å². The van der Waals surface area contributed by atoms with Crippen LogP contribution in [-0.4, -0.2) is 17.3 Å². The highest BCUT2D eigenvalue weighted by Gasteiger charge is 2.17. The molecule has 1 saturated heterocycles. The molecule has 3 nitrogen and oxygen atoms in total. The van der Waals surface area contributed by atoms with Gasteiger partial charge in [-0.3, -0.25) is 0 Å². The number of nitrogens with one attached hydrogen (secondary N) is 1. The summed E-state index contributed by atoms with van der Waals surface area (Å²) in [5.74, 6) is 0. The maximum atomic E-state index is 10.1. The van der Waals surface area contributed by atoms with E-state index in [1.54, 1.807) is 0 Å². The predicted molar refractivity (Wildman–Crippen MR) is 24.1 cm³/mol. The maximum Gasteiger partial charge on any atom is 0.305 e. The van der Waals surface area contributed by atoms with Crippen molar-refractivity contribution in [2.75, 3.05) is 13.1 Å². The van der Waals surface area contributed by atoms with E-state index in [0.29, 0.717) is 6.54 Å². The van der Waals surface area contributed by atoms with E-state index in [9.17, 15) is 4.91 Å². The van der Waals surface area contributed by atoms with Crippen LogP contribution in [-0.2, 0) is 0 Å². The summed E-state index contributed by atoms with van der Waals surface area (Å²) < 4.78 is 3.72. The molecule has 1 fully saturated rings. The van der Waals surface area contributed by atoms with Gasteiger partial charge in [-0.2, -0.15) is 4.72 Å². The average Bonchev–Trinajstić information content (AvgIpc) is 1.86. The van der Waals surface area contributed by atoms with Crippen LogP contribution in [0.5, 0.6) is 0 Å². The fraction of sp³-hybridized carbons (Fsp3) is 1.00. The number of rotatable bonds is 0. The highest BCUT2D eigenvalue weighted by Crippen LogP contribution is 1.99. The quantitative estimate of drug-likeness (QED) is 0.346. The largest absolute Gasteiger partial charge is 0.305 e. The van der Waals surface area contributed by atoms with Crippen molar-refractivity contribution in [3.05, 3.63) is 4.91 Å². The van der Waals surface area contributed by atoms with Crippen molar-refractivity contribution in [2.24, 2.45) is 0 Å². The maximum absolute atomic E-state index is 10.1. The van der Waals surface area contributed by atoms with Gasteiger partial charge in [-0.05, 0) is 0 Å². The molecule has 1 heterocycles. The van der Waals surface area contributed by atoms with Crippen LogP contribution >= 0.6 is 12.1 Å². The van der Waals surface area contributed by atoms with Gasteiger partial charge in [-0.25, -0.2) is 0 Å². The molecule has 0 aliphatic carbocycles. The Hall–Kier alpha value is -0.0900. The van der Waals surface area contributed by atoms with E-state index >= 15 is 0 Å². The third kappa shape index (κ3) is 0.693. The van der Waals surface area contributed by atoms with E-state index in [2.05, 4.69) is 4.72 Å². The smallest absolute Gasteiger partial charge is 0.194 e. The van der Waals surface area contributed by atoms with Gasteiger partial charge in [0.2, 0.25) is 6.54 Å². The van der Waals surface area contributed by atoms with Gasteiger partial charge in [-0.15, -0.1) is 0 Å². The van der Waals surface area contributed by atoms with Gasteiger partial charge in [-0.1, -0.05) is 0 Å². The molecular weight excluding hydrogens is 100 g/mol. The third-order valence-corrected chi connectivity index (χ3v) is 1.28. The van der Waals surface area contributed by atoms with Gasteiger partial charge in [0.05, 0.1) is 10.7 Å². The minimum Gasteiger partial charge on any atom is -0.194 e. The highest BCUT2D eigenvalue weighted by atomic mass is 32.2. The highest BCUT2D eigenvalue weighted by molar-refractivity contribution is 7.91. The van der Waals surface area contributed by atoms with E-state index in [4.69, 9.17) is 0 Å². The minimum absolute atomic E-state index is 0.616. The monoisotopic (exact) mass is 105 g/mol. The number of nitroso groups, excluding NO2 is 1. The standard InChI is InChI=1S/C2H5N2OS/c5-4-2-1-3-6-4/h3H,1-2H2/q+1. The van der Waals surface area contributed by atoms with Crippen LogP contribution in [0.25, 0.3) is 0 Å². The van der Waals surface area contributed by atoms with Crippen LogP contribution in [0.2, 0.25) is 0 Å². The molecule has 0 aromatic rings. The molecule has 1 aliphatic rings. The summed E-state index contributed by atoms with van der Waals surface area (Å²) in [4.78, 5) is 10.1. The summed E-state index contributed by atoms with van der Waals surface area (Å²) in [6.07, 6.45) is 0. The molecule has 34 valence electrons. The van der Waals surface area contributed by atoms with Crippen LogP contribution in [0.1, 0.15) is 0 Å². The Morgan fingerprint density at radius 1 is 1.83 bits per heavy atom. The molecule has 4 heteroatoms. The first kappa shape index (κ1) is 4.08. The zero-order chi connectivity index (χ0) is 4.41. The lowest BCUT2D eigenvalue weighted by atomic mass is 10.7. The number of hydrogen-bond acceptors (Lipinski definition) is 3. The van der Waals surface area contributed by atoms with Crippen LogP contribution in [0, 0.1) is 4.91 Å². The van der Waals surface area contributed by atoms with Crippen molar-refractivity contribution >= 4 is 12.1 Å². The lowest BCUT2D eigenvalue weighted by molar-refractivity contribution is -0.358. The molecule has 0 bridgehead atoms. The molecular formula is C2H5N2OS+. The Balaban J connectivity index is 2.37. The second-order valence-electron chi connectivity index (χ2n) is 1.04. The first-order valence-corrected chi connectivity index (χ1v) is 2.51. The summed E-state index contributed by atoms with van der Waals surface area (Å²) in [7, 11) is 0. The third-order valence-electron chi connectivity index (χ3n) is 0.563. The van der Waals surface area contributed by atoms with Gasteiger partial charge >= 0.3 is 12.1 Å². The van der Waals surface area contributed by atoms with Crippen molar-refractivity contribution in [1.82, 2.24) is 4.72 Å². The molecule has 0 spiro atoms. The molecule has 1 rings (SSSR count). The van der Waals surface area contributed by atoms with Crippen molar-refractivity contribution in [3.8, 4) is 0 Å². The molecule has 0 unspecified atom stereocenters. The first-order valence-electron chi connectivity index (χ1n) is 1.74. The zero-order valence-corrected chi connectivity index (χ0v) is 3.99.